The molecule has 1 aromatic rings. The normalized spacial score (nSPS) is 11.9. The fourth-order valence-corrected chi connectivity index (χ4v) is 1.71. The molecule has 0 amide bonds. The van der Waals surface area contributed by atoms with Crippen molar-refractivity contribution in [1.29, 1.82) is 0 Å². The Morgan fingerprint density at radius 3 is 2.88 bits per heavy atom. The van der Waals surface area contributed by atoms with E-state index in [1.54, 1.807) is 18.5 Å². The molecule has 0 N–H and O–H groups in total. The van der Waals surface area contributed by atoms with Crippen LogP contribution in [0, 0.1) is 0 Å². The van der Waals surface area contributed by atoms with Crippen molar-refractivity contribution in [2.24, 2.45) is 0 Å². The molecule has 0 fully saturated rings. The van der Waals surface area contributed by atoms with Gasteiger partial charge in [0.05, 0.1) is 13.3 Å². The minimum absolute atomic E-state index is 0.349. The van der Waals surface area contributed by atoms with Crippen molar-refractivity contribution in [3.63, 3.8) is 0 Å². The van der Waals surface area contributed by atoms with Crippen LogP contribution in [0.3, 0.4) is 0 Å². The summed E-state index contributed by atoms with van der Waals surface area (Å²) < 4.78 is 11.1. The zero-order valence-electron chi connectivity index (χ0n) is 9.98. The Morgan fingerprint density at radius 1 is 1.53 bits per heavy atom. The maximum atomic E-state index is 11.5. The van der Waals surface area contributed by atoms with Crippen LogP contribution in [-0.2, 0) is 9.53 Å². The van der Waals surface area contributed by atoms with Crippen LogP contribution in [0.15, 0.2) is 22.9 Å². The Bertz CT molecular complexity index is 371. The molecule has 0 radical (unpaired) electrons. The molecule has 0 aliphatic carbocycles. The number of methoxy groups -OCH3 is 1. The first-order valence-corrected chi connectivity index (χ1v) is 6.31. The molecule has 0 saturated heterocycles. The van der Waals surface area contributed by atoms with Gasteiger partial charge in [-0.15, -0.1) is 0 Å². The Kier molecular flexibility index (Phi) is 5.97. The monoisotopic (exact) mass is 301 g/mol. The molecule has 1 unspecified atom stereocenters. The van der Waals surface area contributed by atoms with Gasteiger partial charge >= 0.3 is 5.97 Å². The molecular formula is C12H16BrNO3. The maximum Gasteiger partial charge on any atom is 0.347 e. The summed E-state index contributed by atoms with van der Waals surface area (Å²) in [5, 5.41) is 0. The zero-order valence-corrected chi connectivity index (χ0v) is 11.6. The Balaban J connectivity index is 2.68. The second-order valence-corrected chi connectivity index (χ2v) is 4.53. The van der Waals surface area contributed by atoms with Crippen LogP contribution in [0.5, 0.6) is 5.75 Å². The quantitative estimate of drug-likeness (QED) is 0.758. The third kappa shape index (κ3) is 4.73. The van der Waals surface area contributed by atoms with Crippen molar-refractivity contribution in [2.75, 3.05) is 7.11 Å². The van der Waals surface area contributed by atoms with Crippen LogP contribution in [0.25, 0.3) is 0 Å². The summed E-state index contributed by atoms with van der Waals surface area (Å²) in [5.41, 5.74) is 0. The van der Waals surface area contributed by atoms with Gasteiger partial charge in [-0.1, -0.05) is 13.3 Å². The maximum absolute atomic E-state index is 11.5. The first-order valence-electron chi connectivity index (χ1n) is 5.52. The number of esters is 1. The van der Waals surface area contributed by atoms with Crippen LogP contribution in [-0.4, -0.2) is 24.2 Å². The lowest BCUT2D eigenvalue weighted by molar-refractivity contribution is -0.149. The zero-order chi connectivity index (χ0) is 12.7. The van der Waals surface area contributed by atoms with Gasteiger partial charge in [0.15, 0.2) is 6.10 Å². The molecule has 17 heavy (non-hydrogen) atoms. The Labute approximate surface area is 109 Å². The summed E-state index contributed by atoms with van der Waals surface area (Å²) in [6, 6.07) is 1.77. The number of aromatic nitrogens is 1. The lowest BCUT2D eigenvalue weighted by Gasteiger charge is -2.16. The van der Waals surface area contributed by atoms with E-state index in [-0.39, 0.29) is 5.97 Å². The van der Waals surface area contributed by atoms with E-state index in [2.05, 4.69) is 27.8 Å². The molecule has 0 bridgehead atoms. The standard InChI is InChI=1S/C12H16BrNO3/c1-3-4-5-11(12(15)16-2)17-10-6-9(13)7-14-8-10/h6-8,11H,3-5H2,1-2H3. The second-order valence-electron chi connectivity index (χ2n) is 3.61. The van der Waals surface area contributed by atoms with Gasteiger partial charge in [0, 0.05) is 10.7 Å². The lowest BCUT2D eigenvalue weighted by Crippen LogP contribution is -2.28. The predicted octanol–water partition coefficient (Wildman–Crippen LogP) is 2.95. The van der Waals surface area contributed by atoms with Crippen LogP contribution >= 0.6 is 15.9 Å². The summed E-state index contributed by atoms with van der Waals surface area (Å²) in [6.07, 6.45) is 5.25. The molecule has 1 heterocycles. The van der Waals surface area contributed by atoms with Gasteiger partial charge in [-0.3, -0.25) is 4.98 Å². The van der Waals surface area contributed by atoms with Gasteiger partial charge in [0.1, 0.15) is 5.75 Å². The number of halogens is 1. The molecule has 0 spiro atoms. The van der Waals surface area contributed by atoms with Crippen molar-refractivity contribution in [3.8, 4) is 5.75 Å². The summed E-state index contributed by atoms with van der Waals surface area (Å²) in [4.78, 5) is 15.5. The topological polar surface area (TPSA) is 48.4 Å². The van der Waals surface area contributed by atoms with Gasteiger partial charge in [0.25, 0.3) is 0 Å². The fourth-order valence-electron chi connectivity index (χ4n) is 1.37. The van der Waals surface area contributed by atoms with Gasteiger partial charge in [-0.25, -0.2) is 4.79 Å². The third-order valence-electron chi connectivity index (χ3n) is 2.24. The lowest BCUT2D eigenvalue weighted by atomic mass is 10.1. The largest absolute Gasteiger partial charge is 0.477 e. The summed E-state index contributed by atoms with van der Waals surface area (Å²) in [5.74, 6) is 0.212. The average Bonchev–Trinajstić information content (AvgIpc) is 2.33. The Morgan fingerprint density at radius 2 is 2.29 bits per heavy atom. The van der Waals surface area contributed by atoms with Crippen molar-refractivity contribution in [3.05, 3.63) is 22.9 Å². The van der Waals surface area contributed by atoms with E-state index in [1.165, 1.54) is 7.11 Å². The van der Waals surface area contributed by atoms with E-state index in [9.17, 15) is 4.79 Å². The highest BCUT2D eigenvalue weighted by atomic mass is 79.9. The number of unbranched alkanes of at least 4 members (excludes halogenated alkanes) is 1. The van der Waals surface area contributed by atoms with Gasteiger partial charge in [0.2, 0.25) is 0 Å². The van der Waals surface area contributed by atoms with E-state index in [4.69, 9.17) is 9.47 Å². The van der Waals surface area contributed by atoms with Gasteiger partial charge in [-0.05, 0) is 34.8 Å². The highest BCUT2D eigenvalue weighted by Gasteiger charge is 2.20. The Hall–Kier alpha value is -1.10. The number of ether oxygens (including phenoxy) is 2. The van der Waals surface area contributed by atoms with Crippen molar-refractivity contribution < 1.29 is 14.3 Å². The molecule has 0 aromatic carbocycles. The highest BCUT2D eigenvalue weighted by Crippen LogP contribution is 2.19. The molecule has 0 saturated carbocycles. The second kappa shape index (κ2) is 7.27. The van der Waals surface area contributed by atoms with Crippen molar-refractivity contribution >= 4 is 21.9 Å². The van der Waals surface area contributed by atoms with E-state index in [1.807, 2.05) is 0 Å². The van der Waals surface area contributed by atoms with Crippen LogP contribution in [0.4, 0.5) is 0 Å². The van der Waals surface area contributed by atoms with Crippen LogP contribution < -0.4 is 4.74 Å². The van der Waals surface area contributed by atoms with Crippen LogP contribution in [0.2, 0.25) is 0 Å². The molecule has 1 aromatic heterocycles. The number of carbonyl (C=O) groups excluding carboxylic acids is 1. The highest BCUT2D eigenvalue weighted by molar-refractivity contribution is 9.10. The van der Waals surface area contributed by atoms with Gasteiger partial charge in [-0.2, -0.15) is 0 Å². The molecule has 1 atom stereocenters. The van der Waals surface area contributed by atoms with Crippen molar-refractivity contribution in [1.82, 2.24) is 4.98 Å². The number of hydrogen-bond acceptors (Lipinski definition) is 4. The average molecular weight is 302 g/mol. The number of pyridine rings is 1. The SMILES string of the molecule is CCCCC(Oc1cncc(Br)c1)C(=O)OC. The summed E-state index contributed by atoms with van der Waals surface area (Å²) in [7, 11) is 1.36. The number of nitrogens with zero attached hydrogens (tertiary/aromatic N) is 1. The number of hydrogen-bond donors (Lipinski definition) is 0. The van der Waals surface area contributed by atoms with E-state index in [0.717, 1.165) is 17.3 Å². The third-order valence-corrected chi connectivity index (χ3v) is 2.68. The van der Waals surface area contributed by atoms with E-state index < -0.39 is 6.10 Å². The van der Waals surface area contributed by atoms with Gasteiger partial charge < -0.3 is 9.47 Å². The minimum atomic E-state index is -0.559. The van der Waals surface area contributed by atoms with E-state index in [0.29, 0.717) is 12.2 Å². The smallest absolute Gasteiger partial charge is 0.347 e. The fraction of sp³-hybridized carbons (Fsp3) is 0.500. The molecule has 4 nitrogen and oxygen atoms in total. The van der Waals surface area contributed by atoms with Crippen LogP contribution in [0.1, 0.15) is 26.2 Å². The summed E-state index contributed by atoms with van der Waals surface area (Å²) >= 11 is 3.30. The number of rotatable bonds is 6. The van der Waals surface area contributed by atoms with E-state index >= 15 is 0 Å². The molecule has 0 aliphatic heterocycles. The molecule has 1 rings (SSSR count). The molecule has 94 valence electrons. The molecule has 5 heteroatoms. The first-order chi connectivity index (χ1) is 8.17. The van der Waals surface area contributed by atoms with Crippen molar-refractivity contribution in [2.45, 2.75) is 32.3 Å². The predicted molar refractivity (Wildman–Crippen MR) is 67.9 cm³/mol. The molecule has 0 aliphatic rings. The first kappa shape index (κ1) is 14.0. The summed E-state index contributed by atoms with van der Waals surface area (Å²) in [6.45, 7) is 2.06. The number of carbonyl (C=O) groups is 1. The minimum Gasteiger partial charge on any atom is -0.477 e. The molecular weight excluding hydrogens is 286 g/mol.